The first-order valence-corrected chi connectivity index (χ1v) is 7.36. The van der Waals surface area contributed by atoms with E-state index >= 15 is 0 Å². The van der Waals surface area contributed by atoms with E-state index in [4.69, 9.17) is 14.2 Å². The molecule has 1 aliphatic rings. The van der Waals surface area contributed by atoms with Crippen molar-refractivity contribution in [1.82, 2.24) is 5.32 Å². The zero-order valence-electron chi connectivity index (χ0n) is 12.3. The minimum absolute atomic E-state index is 0.786. The van der Waals surface area contributed by atoms with E-state index in [0.717, 1.165) is 13.8 Å². The van der Waals surface area contributed by atoms with Crippen LogP contribution in [0.5, 0.6) is 0 Å². The highest BCUT2D eigenvalue weighted by atomic mass is 79.9. The molecule has 0 spiro atoms. The van der Waals surface area contributed by atoms with Gasteiger partial charge >= 0.3 is 24.0 Å². The molecule has 1 aliphatic heterocycles. The molecule has 1 fully saturated rings. The maximum atomic E-state index is 12.5. The van der Waals surface area contributed by atoms with Crippen LogP contribution in [0, 0.1) is 0 Å². The molecule has 5 atom stereocenters. The number of hydrogen-bond acceptors (Lipinski definition) is 6. The van der Waals surface area contributed by atoms with Crippen molar-refractivity contribution in [2.24, 2.45) is 0 Å². The van der Waals surface area contributed by atoms with Gasteiger partial charge in [0.2, 0.25) is 0 Å². The predicted octanol–water partition coefficient (Wildman–Crippen LogP) is 1.04. The minimum atomic E-state index is -5.15. The monoisotopic (exact) mass is 405 g/mol. The van der Waals surface area contributed by atoms with Crippen molar-refractivity contribution in [3.63, 3.8) is 0 Å². The van der Waals surface area contributed by atoms with Crippen LogP contribution in [0.25, 0.3) is 0 Å². The summed E-state index contributed by atoms with van der Waals surface area (Å²) < 4.78 is 52.7. The largest absolute Gasteiger partial charge is 0.471 e. The maximum Gasteiger partial charge on any atom is 0.471 e. The highest BCUT2D eigenvalue weighted by Crippen LogP contribution is 2.30. The quantitative estimate of drug-likeness (QED) is 0.557. The van der Waals surface area contributed by atoms with Crippen LogP contribution in [-0.4, -0.2) is 53.4 Å². The third-order valence-corrected chi connectivity index (χ3v) is 3.67. The normalized spacial score (nSPS) is 31.2. The molecular formula is C12H15BrF3NO6. The van der Waals surface area contributed by atoms with Gasteiger partial charge in [-0.1, -0.05) is 15.9 Å². The zero-order valence-corrected chi connectivity index (χ0v) is 13.9. The van der Waals surface area contributed by atoms with E-state index < -0.39 is 53.4 Å². The third-order valence-electron chi connectivity index (χ3n) is 2.93. The number of esters is 2. The van der Waals surface area contributed by atoms with E-state index in [1.165, 1.54) is 6.92 Å². The lowest BCUT2D eigenvalue weighted by Crippen LogP contribution is -2.65. The molecule has 0 aromatic rings. The van der Waals surface area contributed by atoms with Gasteiger partial charge in [0.05, 0.1) is 6.10 Å². The molecule has 0 unspecified atom stereocenters. The molecule has 132 valence electrons. The number of amides is 1. The zero-order chi connectivity index (χ0) is 17.9. The van der Waals surface area contributed by atoms with E-state index in [1.807, 2.05) is 0 Å². The molecular weight excluding hydrogens is 391 g/mol. The number of alkyl halides is 4. The topological polar surface area (TPSA) is 90.9 Å². The number of halogens is 4. The van der Waals surface area contributed by atoms with Crippen LogP contribution in [0.2, 0.25) is 0 Å². The molecule has 1 N–H and O–H groups in total. The molecule has 1 saturated heterocycles. The summed E-state index contributed by atoms with van der Waals surface area (Å²) in [6.07, 6.45) is -8.59. The minimum Gasteiger partial charge on any atom is -0.457 e. The van der Waals surface area contributed by atoms with Gasteiger partial charge in [0, 0.05) is 13.8 Å². The van der Waals surface area contributed by atoms with Crippen LogP contribution >= 0.6 is 15.9 Å². The number of nitrogens with one attached hydrogen (secondary N) is 1. The number of ether oxygens (including phenoxy) is 3. The van der Waals surface area contributed by atoms with Gasteiger partial charge in [0.15, 0.2) is 17.2 Å². The molecule has 0 aromatic carbocycles. The molecule has 0 aliphatic carbocycles. The van der Waals surface area contributed by atoms with Crippen molar-refractivity contribution in [1.29, 1.82) is 0 Å². The summed E-state index contributed by atoms with van der Waals surface area (Å²) in [6.45, 7) is 3.54. The molecule has 0 bridgehead atoms. The van der Waals surface area contributed by atoms with Gasteiger partial charge in [-0.15, -0.1) is 0 Å². The van der Waals surface area contributed by atoms with Crippen LogP contribution < -0.4 is 5.32 Å². The molecule has 23 heavy (non-hydrogen) atoms. The van der Waals surface area contributed by atoms with E-state index in [1.54, 1.807) is 5.32 Å². The second-order valence-electron chi connectivity index (χ2n) is 4.84. The van der Waals surface area contributed by atoms with Gasteiger partial charge in [-0.3, -0.25) is 14.4 Å². The molecule has 7 nitrogen and oxygen atoms in total. The lowest BCUT2D eigenvalue weighted by molar-refractivity contribution is -0.200. The van der Waals surface area contributed by atoms with E-state index in [2.05, 4.69) is 15.9 Å². The highest BCUT2D eigenvalue weighted by Gasteiger charge is 2.51. The summed E-state index contributed by atoms with van der Waals surface area (Å²) in [6, 6.07) is -1.44. The van der Waals surface area contributed by atoms with Gasteiger partial charge in [0.25, 0.3) is 0 Å². The van der Waals surface area contributed by atoms with Crippen molar-refractivity contribution in [3.8, 4) is 0 Å². The Balaban J connectivity index is 3.12. The van der Waals surface area contributed by atoms with Crippen LogP contribution in [0.3, 0.4) is 0 Å². The predicted molar refractivity (Wildman–Crippen MR) is 72.4 cm³/mol. The molecule has 1 heterocycles. The van der Waals surface area contributed by atoms with Crippen LogP contribution in [0.15, 0.2) is 0 Å². The Labute approximate surface area is 137 Å². The lowest BCUT2D eigenvalue weighted by Gasteiger charge is -2.43. The number of rotatable bonds is 3. The SMILES string of the molecule is CC(=O)O[C@@H]1[C@H](NC(=O)C(F)(F)F)[C@H](OC(C)=O)[C@H](C)O[C@@H]1Br. The van der Waals surface area contributed by atoms with Crippen LogP contribution in [0.4, 0.5) is 13.2 Å². The van der Waals surface area contributed by atoms with E-state index in [0.29, 0.717) is 0 Å². The first kappa shape index (κ1) is 19.7. The summed E-state index contributed by atoms with van der Waals surface area (Å²) in [7, 11) is 0. The third kappa shape index (κ3) is 5.34. The summed E-state index contributed by atoms with van der Waals surface area (Å²) in [4.78, 5) is 33.6. The van der Waals surface area contributed by atoms with Crippen molar-refractivity contribution in [3.05, 3.63) is 0 Å². The van der Waals surface area contributed by atoms with Crippen molar-refractivity contribution in [2.45, 2.75) is 56.3 Å². The van der Waals surface area contributed by atoms with Gasteiger partial charge in [0.1, 0.15) is 6.04 Å². The summed E-state index contributed by atoms with van der Waals surface area (Å²) in [5.74, 6) is -3.83. The average Bonchev–Trinajstić information content (AvgIpc) is 2.36. The van der Waals surface area contributed by atoms with Crippen molar-refractivity contribution < 1.29 is 41.8 Å². The van der Waals surface area contributed by atoms with Gasteiger partial charge in [-0.2, -0.15) is 13.2 Å². The van der Waals surface area contributed by atoms with E-state index in [9.17, 15) is 27.6 Å². The Kier molecular flexibility index (Phi) is 6.40. The Morgan fingerprint density at radius 1 is 1.09 bits per heavy atom. The Morgan fingerprint density at radius 2 is 1.57 bits per heavy atom. The first-order valence-electron chi connectivity index (χ1n) is 6.45. The molecule has 0 radical (unpaired) electrons. The maximum absolute atomic E-state index is 12.5. The fourth-order valence-corrected chi connectivity index (χ4v) is 2.86. The first-order chi connectivity index (χ1) is 10.4. The molecule has 1 amide bonds. The molecule has 0 saturated carbocycles. The second-order valence-corrected chi connectivity index (χ2v) is 5.74. The van der Waals surface area contributed by atoms with Crippen molar-refractivity contribution in [2.75, 3.05) is 0 Å². The lowest BCUT2D eigenvalue weighted by atomic mass is 9.97. The van der Waals surface area contributed by atoms with Gasteiger partial charge < -0.3 is 19.5 Å². The Morgan fingerprint density at radius 3 is 2.00 bits per heavy atom. The Hall–Kier alpha value is -1.36. The molecule has 11 heteroatoms. The summed E-state index contributed by atoms with van der Waals surface area (Å²) in [5, 5.41) is 0.708. The average molecular weight is 406 g/mol. The number of hydrogen-bond donors (Lipinski definition) is 1. The van der Waals surface area contributed by atoms with Crippen molar-refractivity contribution >= 4 is 33.8 Å². The fraction of sp³-hybridized carbons (Fsp3) is 0.750. The number of carbonyl (C=O) groups is 3. The van der Waals surface area contributed by atoms with E-state index in [-0.39, 0.29) is 0 Å². The smallest absolute Gasteiger partial charge is 0.457 e. The highest BCUT2D eigenvalue weighted by molar-refractivity contribution is 9.09. The summed E-state index contributed by atoms with van der Waals surface area (Å²) in [5.41, 5.74) is 0. The van der Waals surface area contributed by atoms with Gasteiger partial charge in [-0.05, 0) is 6.92 Å². The number of carbonyl (C=O) groups excluding carboxylic acids is 3. The standard InChI is InChI=1S/C12H15BrF3NO6/c1-4-8(22-5(2)18)7(17-11(20)12(14,15)16)9(10(13)21-4)23-6(3)19/h4,7-10H,1-3H3,(H,17,20)/t4-,7+,8+,9+,10-/m0/s1. The van der Waals surface area contributed by atoms with Gasteiger partial charge in [-0.25, -0.2) is 0 Å². The Bertz CT molecular complexity index is 458. The molecule has 0 aromatic heterocycles. The molecule has 1 rings (SSSR count). The van der Waals surface area contributed by atoms with Crippen LogP contribution in [-0.2, 0) is 28.6 Å². The second kappa shape index (κ2) is 7.47. The fourth-order valence-electron chi connectivity index (χ4n) is 2.08. The van der Waals surface area contributed by atoms with Crippen LogP contribution in [0.1, 0.15) is 20.8 Å². The summed E-state index contributed by atoms with van der Waals surface area (Å²) >= 11 is 3.03.